The van der Waals surface area contributed by atoms with Gasteiger partial charge in [0.2, 0.25) is 0 Å². The summed E-state index contributed by atoms with van der Waals surface area (Å²) in [4.78, 5) is 13.3. The molecule has 1 aliphatic heterocycles. The quantitative estimate of drug-likeness (QED) is 0.549. The Hall–Kier alpha value is -2.50. The number of hydrogen-bond acceptors (Lipinski definition) is 7. The zero-order chi connectivity index (χ0) is 21.6. The van der Waals surface area contributed by atoms with Crippen molar-refractivity contribution in [1.82, 2.24) is 28.8 Å². The first-order chi connectivity index (χ1) is 14.9. The highest BCUT2D eigenvalue weighted by atomic mass is 32.2. The van der Waals surface area contributed by atoms with Gasteiger partial charge in [-0.1, -0.05) is 0 Å². The third kappa shape index (κ3) is 3.70. The molecule has 3 aromatic rings. The molecule has 3 N–H and O–H groups in total. The normalized spacial score (nSPS) is 18.8. The molecule has 31 heavy (non-hydrogen) atoms. The Morgan fingerprint density at radius 1 is 1.29 bits per heavy atom. The van der Waals surface area contributed by atoms with Crippen LogP contribution in [0.15, 0.2) is 17.6 Å². The van der Waals surface area contributed by atoms with Crippen molar-refractivity contribution < 1.29 is 13.2 Å². The smallest absolute Gasteiger partial charge is 0.259 e. The summed E-state index contributed by atoms with van der Waals surface area (Å²) in [5, 5.41) is 0.0356. The molecule has 4 heterocycles. The molecule has 0 bridgehead atoms. The maximum Gasteiger partial charge on any atom is 0.259 e. The van der Waals surface area contributed by atoms with Gasteiger partial charge in [0.05, 0.1) is 24.5 Å². The molecule has 0 saturated carbocycles. The molecule has 3 aromatic heterocycles. The second kappa shape index (κ2) is 7.88. The summed E-state index contributed by atoms with van der Waals surface area (Å²) < 4.78 is 37.1. The maximum absolute atomic E-state index is 12.4. The van der Waals surface area contributed by atoms with Crippen molar-refractivity contribution in [3.05, 3.63) is 29.6 Å². The minimum absolute atomic E-state index is 0.0356. The predicted octanol–water partition coefficient (Wildman–Crippen LogP) is 1.46. The third-order valence-electron chi connectivity index (χ3n) is 6.08. The monoisotopic (exact) mass is 445 g/mol. The molecule has 166 valence electrons. The number of pyridine rings is 1. The number of imidazole rings is 2. The lowest BCUT2D eigenvalue weighted by Crippen LogP contribution is -2.28. The summed E-state index contributed by atoms with van der Waals surface area (Å²) >= 11 is 0. The second-order valence-corrected chi connectivity index (χ2v) is 10.0. The van der Waals surface area contributed by atoms with Crippen molar-refractivity contribution in [2.24, 2.45) is 7.05 Å². The summed E-state index contributed by atoms with van der Waals surface area (Å²) in [6.07, 6.45) is 8.61. The number of nitrogens with one attached hydrogen (secondary N) is 1. The van der Waals surface area contributed by atoms with E-state index in [1.165, 1.54) is 18.1 Å². The molecule has 0 fully saturated rings. The Morgan fingerprint density at radius 2 is 2.13 bits per heavy atom. The zero-order valence-electron chi connectivity index (χ0n) is 17.5. The first kappa shape index (κ1) is 20.4. The summed E-state index contributed by atoms with van der Waals surface area (Å²) in [7, 11) is -1.86. The zero-order valence-corrected chi connectivity index (χ0v) is 18.4. The molecule has 0 radical (unpaired) electrons. The van der Waals surface area contributed by atoms with Crippen LogP contribution in [0.3, 0.4) is 0 Å². The Labute approximate surface area is 180 Å². The lowest BCUT2D eigenvalue weighted by Gasteiger charge is -2.28. The van der Waals surface area contributed by atoms with E-state index in [0.29, 0.717) is 32.0 Å². The van der Waals surface area contributed by atoms with Crippen LogP contribution in [0.2, 0.25) is 0 Å². The van der Waals surface area contributed by atoms with E-state index in [1.54, 1.807) is 11.6 Å². The van der Waals surface area contributed by atoms with Crippen LogP contribution in [0.4, 0.5) is 5.82 Å². The highest BCUT2D eigenvalue weighted by Crippen LogP contribution is 2.36. The third-order valence-corrected chi connectivity index (χ3v) is 7.42. The van der Waals surface area contributed by atoms with Gasteiger partial charge in [-0.3, -0.25) is 0 Å². The molecule has 11 heteroatoms. The Morgan fingerprint density at radius 3 is 2.94 bits per heavy atom. The Kier molecular flexibility index (Phi) is 5.19. The van der Waals surface area contributed by atoms with Crippen LogP contribution in [-0.2, 0) is 41.3 Å². The molecular weight excluding hydrogens is 418 g/mol. The van der Waals surface area contributed by atoms with Crippen molar-refractivity contribution in [2.45, 2.75) is 56.2 Å². The molecule has 0 spiro atoms. The second-order valence-electron chi connectivity index (χ2n) is 8.31. The van der Waals surface area contributed by atoms with Crippen molar-refractivity contribution in [2.75, 3.05) is 18.9 Å². The number of aryl methyl sites for hydroxylation is 3. The van der Waals surface area contributed by atoms with Gasteiger partial charge in [0.25, 0.3) is 10.0 Å². The number of anilines is 1. The first-order valence-corrected chi connectivity index (χ1v) is 12.2. The first-order valence-electron chi connectivity index (χ1n) is 10.7. The molecular formula is C20H27N7O3S. The number of nitrogen functional groups attached to an aromatic ring is 1. The van der Waals surface area contributed by atoms with Gasteiger partial charge in [-0.05, 0) is 44.1 Å². The molecule has 0 amide bonds. The molecule has 0 saturated heterocycles. The van der Waals surface area contributed by atoms with E-state index in [4.69, 9.17) is 15.5 Å². The fourth-order valence-electron chi connectivity index (χ4n) is 4.63. The van der Waals surface area contributed by atoms with Crippen LogP contribution >= 0.6 is 0 Å². The van der Waals surface area contributed by atoms with Crippen LogP contribution in [0.1, 0.15) is 48.8 Å². The topological polar surface area (TPSA) is 130 Å². The number of fused-ring (bicyclic) bond motifs is 5. The van der Waals surface area contributed by atoms with E-state index in [1.807, 2.05) is 0 Å². The standard InChI is InChI=1S/C20H27N7O3S/c1-26-9-17(22-12-26)31(28,29)23-8-4-5-13-10-30-11-16-25-18-19(27(13)16)14-6-2-3-7-15(14)24-20(18)21/h9,12-13,23H,2-8,10-11H2,1H3,(H2,21,24)/t13-/m0/s1. The lowest BCUT2D eigenvalue weighted by atomic mass is 9.94. The van der Waals surface area contributed by atoms with Crippen molar-refractivity contribution in [1.29, 1.82) is 0 Å². The molecule has 5 rings (SSSR count). The molecule has 1 atom stereocenters. The van der Waals surface area contributed by atoms with E-state index in [2.05, 4.69) is 19.3 Å². The van der Waals surface area contributed by atoms with Crippen LogP contribution in [0.5, 0.6) is 0 Å². The molecule has 10 nitrogen and oxygen atoms in total. The summed E-state index contributed by atoms with van der Waals surface area (Å²) in [5.74, 6) is 1.35. The number of aromatic nitrogens is 5. The summed E-state index contributed by atoms with van der Waals surface area (Å²) in [6, 6.07) is 0.0842. The number of nitrogens with zero attached hydrogens (tertiary/aromatic N) is 5. The number of ether oxygens (including phenoxy) is 1. The number of hydrogen-bond donors (Lipinski definition) is 2. The van der Waals surface area contributed by atoms with Gasteiger partial charge in [-0.15, -0.1) is 0 Å². The number of sulfonamides is 1. The van der Waals surface area contributed by atoms with E-state index in [9.17, 15) is 8.42 Å². The van der Waals surface area contributed by atoms with E-state index in [0.717, 1.165) is 54.7 Å². The minimum Gasteiger partial charge on any atom is -0.382 e. The Bertz CT molecular complexity index is 1230. The summed E-state index contributed by atoms with van der Waals surface area (Å²) in [5.41, 5.74) is 10.5. The van der Waals surface area contributed by atoms with Gasteiger partial charge in [0, 0.05) is 25.5 Å². The van der Waals surface area contributed by atoms with E-state index in [-0.39, 0.29) is 11.1 Å². The van der Waals surface area contributed by atoms with Crippen molar-refractivity contribution in [3.8, 4) is 0 Å². The van der Waals surface area contributed by atoms with Gasteiger partial charge in [-0.25, -0.2) is 28.1 Å². The fraction of sp³-hybridized carbons (Fsp3) is 0.550. The lowest BCUT2D eigenvalue weighted by molar-refractivity contribution is 0.0533. The predicted molar refractivity (Wildman–Crippen MR) is 115 cm³/mol. The molecule has 0 aromatic carbocycles. The van der Waals surface area contributed by atoms with Crippen molar-refractivity contribution in [3.63, 3.8) is 0 Å². The van der Waals surface area contributed by atoms with Crippen LogP contribution in [0.25, 0.3) is 11.0 Å². The fourth-order valence-corrected chi connectivity index (χ4v) is 5.68. The van der Waals surface area contributed by atoms with Crippen LogP contribution in [0, 0.1) is 0 Å². The van der Waals surface area contributed by atoms with Gasteiger partial charge < -0.3 is 19.6 Å². The van der Waals surface area contributed by atoms with Crippen molar-refractivity contribution >= 4 is 26.9 Å². The van der Waals surface area contributed by atoms with Crippen LogP contribution in [-0.4, -0.2) is 45.7 Å². The largest absolute Gasteiger partial charge is 0.382 e. The van der Waals surface area contributed by atoms with E-state index < -0.39 is 10.0 Å². The van der Waals surface area contributed by atoms with Gasteiger partial charge in [-0.2, -0.15) is 0 Å². The minimum atomic E-state index is -3.60. The van der Waals surface area contributed by atoms with Gasteiger partial charge >= 0.3 is 0 Å². The number of rotatable bonds is 6. The molecule has 2 aliphatic rings. The molecule has 1 aliphatic carbocycles. The average molecular weight is 446 g/mol. The van der Waals surface area contributed by atoms with Crippen LogP contribution < -0.4 is 10.5 Å². The van der Waals surface area contributed by atoms with Gasteiger partial charge in [0.1, 0.15) is 17.9 Å². The molecule has 0 unspecified atom stereocenters. The average Bonchev–Trinajstić information content (AvgIpc) is 3.36. The SMILES string of the molecule is Cn1cnc(S(=O)(=O)NCCC[C@H]2COCc3nc4c(N)nc5c(c4n32)CCCC5)c1. The highest BCUT2D eigenvalue weighted by molar-refractivity contribution is 7.89. The van der Waals surface area contributed by atoms with E-state index >= 15 is 0 Å². The summed E-state index contributed by atoms with van der Waals surface area (Å²) in [6.45, 7) is 1.35. The van der Waals surface area contributed by atoms with Gasteiger partial charge in [0.15, 0.2) is 10.8 Å². The Balaban J connectivity index is 1.36. The maximum atomic E-state index is 12.4. The number of nitrogens with two attached hydrogens (primary N) is 1. The highest BCUT2D eigenvalue weighted by Gasteiger charge is 2.29.